The van der Waals surface area contributed by atoms with Crippen LogP contribution in [0.25, 0.3) is 0 Å². The summed E-state index contributed by atoms with van der Waals surface area (Å²) in [6.07, 6.45) is 0.0256. The molecule has 1 saturated heterocycles. The highest BCUT2D eigenvalue weighted by Crippen LogP contribution is 2.29. The second-order valence-electron chi connectivity index (χ2n) is 4.16. The first kappa shape index (κ1) is 12.1. The van der Waals surface area contributed by atoms with Crippen molar-refractivity contribution in [2.24, 2.45) is 5.92 Å². The van der Waals surface area contributed by atoms with Gasteiger partial charge in [-0.25, -0.2) is 0 Å². The lowest BCUT2D eigenvalue weighted by atomic mass is 10.1. The van der Waals surface area contributed by atoms with Gasteiger partial charge in [-0.3, -0.25) is 4.79 Å². The van der Waals surface area contributed by atoms with Crippen molar-refractivity contribution < 1.29 is 14.7 Å². The summed E-state index contributed by atoms with van der Waals surface area (Å²) in [5.74, 6) is -2.02. The van der Waals surface area contributed by atoms with Crippen LogP contribution >= 0.6 is 15.9 Å². The van der Waals surface area contributed by atoms with E-state index in [0.29, 0.717) is 0 Å². The first-order valence-corrected chi connectivity index (χ1v) is 6.05. The number of aliphatic carboxylic acids is 1. The summed E-state index contributed by atoms with van der Waals surface area (Å²) in [6, 6.07) is 5.55. The van der Waals surface area contributed by atoms with E-state index in [4.69, 9.17) is 0 Å². The summed E-state index contributed by atoms with van der Waals surface area (Å²) in [5, 5.41) is 10.8. The quantitative estimate of drug-likeness (QED) is 0.813. The Bertz CT molecular complexity index is 487. The predicted octanol–water partition coefficient (Wildman–Crippen LogP) is 0.860. The summed E-state index contributed by atoms with van der Waals surface area (Å²) in [7, 11) is 0. The summed E-state index contributed by atoms with van der Waals surface area (Å²) < 4.78 is 0.932. The zero-order chi connectivity index (χ0) is 12.6. The Morgan fingerprint density at radius 3 is 2.76 bits per heavy atom. The van der Waals surface area contributed by atoms with Crippen molar-refractivity contribution >= 4 is 33.5 Å². The van der Waals surface area contributed by atoms with E-state index in [1.807, 2.05) is 25.1 Å². The molecule has 5 heteroatoms. The molecular formula is C12H11BrNO3-. The number of hydrogen-bond donors (Lipinski definition) is 0. The number of nitrogens with zero attached hydrogens (tertiary/aromatic N) is 1. The molecule has 0 bridgehead atoms. The SMILES string of the molecule is Cc1cc(Br)ccc1N1C[C@H](C(=O)[O-])CC1=O. The van der Waals surface area contributed by atoms with E-state index in [0.717, 1.165) is 15.7 Å². The van der Waals surface area contributed by atoms with Crippen LogP contribution in [-0.2, 0) is 9.59 Å². The lowest BCUT2D eigenvalue weighted by Crippen LogP contribution is -2.33. The van der Waals surface area contributed by atoms with Crippen LogP contribution in [-0.4, -0.2) is 18.4 Å². The monoisotopic (exact) mass is 296 g/mol. The highest BCUT2D eigenvalue weighted by molar-refractivity contribution is 9.10. The molecule has 4 nitrogen and oxygen atoms in total. The Balaban J connectivity index is 2.29. The topological polar surface area (TPSA) is 60.4 Å². The molecule has 0 unspecified atom stereocenters. The van der Waals surface area contributed by atoms with Gasteiger partial charge >= 0.3 is 0 Å². The fraction of sp³-hybridized carbons (Fsp3) is 0.333. The molecule has 0 radical (unpaired) electrons. The van der Waals surface area contributed by atoms with Crippen LogP contribution in [0, 0.1) is 12.8 Å². The molecule has 0 saturated carbocycles. The number of carboxylic acids is 1. The Hall–Kier alpha value is -1.36. The van der Waals surface area contributed by atoms with Gasteiger partial charge in [0.1, 0.15) is 0 Å². The van der Waals surface area contributed by atoms with Gasteiger partial charge in [0, 0.05) is 35.0 Å². The lowest BCUT2D eigenvalue weighted by molar-refractivity contribution is -0.310. The van der Waals surface area contributed by atoms with Crippen molar-refractivity contribution in [1.82, 2.24) is 0 Å². The number of carbonyl (C=O) groups excluding carboxylic acids is 2. The van der Waals surface area contributed by atoms with E-state index in [9.17, 15) is 14.7 Å². The zero-order valence-electron chi connectivity index (χ0n) is 9.27. The van der Waals surface area contributed by atoms with E-state index in [-0.39, 0.29) is 18.9 Å². The van der Waals surface area contributed by atoms with Crippen LogP contribution in [0.5, 0.6) is 0 Å². The third-order valence-corrected chi connectivity index (χ3v) is 3.40. The Morgan fingerprint density at radius 2 is 2.24 bits per heavy atom. The summed E-state index contributed by atoms with van der Waals surface area (Å²) in [6.45, 7) is 2.09. The normalized spacial score (nSPS) is 19.8. The molecule has 1 heterocycles. The third kappa shape index (κ3) is 2.34. The molecule has 0 aliphatic carbocycles. The first-order chi connectivity index (χ1) is 7.99. The first-order valence-electron chi connectivity index (χ1n) is 5.26. The van der Waals surface area contributed by atoms with Gasteiger partial charge in [-0.1, -0.05) is 15.9 Å². The van der Waals surface area contributed by atoms with Gasteiger partial charge in [0.15, 0.2) is 0 Å². The van der Waals surface area contributed by atoms with Gasteiger partial charge in [0.05, 0.1) is 0 Å². The van der Waals surface area contributed by atoms with E-state index in [1.54, 1.807) is 0 Å². The standard InChI is InChI=1S/C12H12BrNO3/c1-7-4-9(13)2-3-10(7)14-6-8(12(16)17)5-11(14)15/h2-4,8H,5-6H2,1H3,(H,16,17)/p-1/t8-/m1/s1. The highest BCUT2D eigenvalue weighted by Gasteiger charge is 2.31. The van der Waals surface area contributed by atoms with Crippen LogP contribution < -0.4 is 10.0 Å². The second kappa shape index (κ2) is 4.49. The average molecular weight is 297 g/mol. The molecule has 17 heavy (non-hydrogen) atoms. The van der Waals surface area contributed by atoms with Crippen molar-refractivity contribution in [1.29, 1.82) is 0 Å². The van der Waals surface area contributed by atoms with Gasteiger partial charge in [0.2, 0.25) is 5.91 Å². The molecule has 1 aliphatic rings. The largest absolute Gasteiger partial charge is 0.550 e. The maximum atomic E-state index is 11.7. The molecule has 1 amide bonds. The van der Waals surface area contributed by atoms with Gasteiger partial charge in [-0.2, -0.15) is 0 Å². The Morgan fingerprint density at radius 1 is 1.53 bits per heavy atom. The van der Waals surface area contributed by atoms with E-state index >= 15 is 0 Å². The van der Waals surface area contributed by atoms with Gasteiger partial charge < -0.3 is 14.8 Å². The summed E-state index contributed by atoms with van der Waals surface area (Å²) >= 11 is 3.35. The van der Waals surface area contributed by atoms with Gasteiger partial charge in [-0.15, -0.1) is 0 Å². The molecular weight excluding hydrogens is 286 g/mol. The van der Waals surface area contributed by atoms with Crippen molar-refractivity contribution in [3.63, 3.8) is 0 Å². The van der Waals surface area contributed by atoms with Crippen LogP contribution in [0.2, 0.25) is 0 Å². The molecule has 1 aromatic carbocycles. The van der Waals surface area contributed by atoms with E-state index in [1.165, 1.54) is 4.90 Å². The molecule has 1 aromatic rings. The molecule has 0 N–H and O–H groups in total. The molecule has 2 rings (SSSR count). The maximum Gasteiger partial charge on any atom is 0.227 e. The highest BCUT2D eigenvalue weighted by atomic mass is 79.9. The number of halogens is 1. The number of carbonyl (C=O) groups is 2. The maximum absolute atomic E-state index is 11.7. The Kier molecular flexibility index (Phi) is 3.19. The molecule has 0 spiro atoms. The third-order valence-electron chi connectivity index (χ3n) is 2.91. The number of anilines is 1. The fourth-order valence-corrected chi connectivity index (χ4v) is 2.50. The predicted molar refractivity (Wildman–Crippen MR) is 64.3 cm³/mol. The van der Waals surface area contributed by atoms with Gasteiger partial charge in [0.25, 0.3) is 0 Å². The minimum absolute atomic E-state index is 0.0256. The van der Waals surface area contributed by atoms with Crippen LogP contribution in [0.4, 0.5) is 5.69 Å². The van der Waals surface area contributed by atoms with Crippen LogP contribution in [0.15, 0.2) is 22.7 Å². The van der Waals surface area contributed by atoms with Crippen molar-refractivity contribution in [2.75, 3.05) is 11.4 Å². The van der Waals surface area contributed by atoms with Gasteiger partial charge in [-0.05, 0) is 30.7 Å². The van der Waals surface area contributed by atoms with E-state index < -0.39 is 11.9 Å². The van der Waals surface area contributed by atoms with Crippen molar-refractivity contribution in [2.45, 2.75) is 13.3 Å². The summed E-state index contributed by atoms with van der Waals surface area (Å²) in [4.78, 5) is 24.0. The molecule has 1 atom stereocenters. The fourth-order valence-electron chi connectivity index (χ4n) is 2.02. The molecule has 0 aromatic heterocycles. The smallest absolute Gasteiger partial charge is 0.227 e. The number of aryl methyl sites for hydroxylation is 1. The number of amides is 1. The minimum Gasteiger partial charge on any atom is -0.550 e. The number of rotatable bonds is 2. The second-order valence-corrected chi connectivity index (χ2v) is 5.07. The lowest BCUT2D eigenvalue weighted by Gasteiger charge is -2.19. The van der Waals surface area contributed by atoms with E-state index in [2.05, 4.69) is 15.9 Å². The van der Waals surface area contributed by atoms with Crippen LogP contribution in [0.1, 0.15) is 12.0 Å². The molecule has 1 fully saturated rings. The number of hydrogen-bond acceptors (Lipinski definition) is 3. The van der Waals surface area contributed by atoms with Crippen LogP contribution in [0.3, 0.4) is 0 Å². The molecule has 90 valence electrons. The Labute approximate surface area is 107 Å². The number of benzene rings is 1. The average Bonchev–Trinajstić information content (AvgIpc) is 2.61. The van der Waals surface area contributed by atoms with Crippen molar-refractivity contribution in [3.05, 3.63) is 28.2 Å². The minimum atomic E-state index is -1.16. The zero-order valence-corrected chi connectivity index (χ0v) is 10.9. The molecule has 1 aliphatic heterocycles. The van der Waals surface area contributed by atoms with Crippen molar-refractivity contribution in [3.8, 4) is 0 Å². The summed E-state index contributed by atoms with van der Waals surface area (Å²) in [5.41, 5.74) is 1.70. The number of carboxylic acid groups (broad SMARTS) is 1.